The van der Waals surface area contributed by atoms with E-state index in [9.17, 15) is 17.6 Å². The second kappa shape index (κ2) is 10.9. The van der Waals surface area contributed by atoms with Crippen LogP contribution in [0.1, 0.15) is 34.2 Å². The molecule has 5 heteroatoms. The van der Waals surface area contributed by atoms with Crippen LogP contribution in [0.15, 0.2) is 66.7 Å². The minimum absolute atomic E-state index is 0.108. The molecular weight excluding hydrogens is 452 g/mol. The molecule has 0 saturated carbocycles. The summed E-state index contributed by atoms with van der Waals surface area (Å²) < 4.78 is 61.4. The molecule has 0 atom stereocenters. The van der Waals surface area contributed by atoms with Gasteiger partial charge in [-0.3, -0.25) is 0 Å². The summed E-state index contributed by atoms with van der Waals surface area (Å²) in [6.45, 7) is 0.697. The van der Waals surface area contributed by atoms with Crippen molar-refractivity contribution in [2.45, 2.75) is 12.8 Å². The fourth-order valence-electron chi connectivity index (χ4n) is 3.56. The van der Waals surface area contributed by atoms with Crippen LogP contribution in [0, 0.1) is 47.0 Å². The maximum Gasteiger partial charge on any atom is 0.166 e. The second-order valence-corrected chi connectivity index (χ2v) is 7.91. The van der Waals surface area contributed by atoms with E-state index in [1.165, 1.54) is 24.3 Å². The zero-order chi connectivity index (χ0) is 24.8. The van der Waals surface area contributed by atoms with Gasteiger partial charge in [-0.15, -0.1) is 0 Å². The average molecular weight is 472 g/mol. The molecule has 0 heterocycles. The standard InChI is InChI=1S/C30H20F4O/c1-35-16-2-3-20-4-6-21(7-5-20)8-9-23-18-28(32)26(29(33)19-23)14-11-22-10-13-25-24(17-22)12-15-27(31)30(25)34/h4-7,10,12-13,15,17-19H,2-3,16H2,1H3. The second-order valence-electron chi connectivity index (χ2n) is 7.91. The molecule has 174 valence electrons. The van der Waals surface area contributed by atoms with Gasteiger partial charge in [-0.25, -0.2) is 17.6 Å². The fourth-order valence-corrected chi connectivity index (χ4v) is 3.56. The van der Waals surface area contributed by atoms with Gasteiger partial charge in [0, 0.05) is 35.8 Å². The van der Waals surface area contributed by atoms with E-state index in [4.69, 9.17) is 4.74 Å². The minimum atomic E-state index is -0.950. The van der Waals surface area contributed by atoms with E-state index in [0.717, 1.165) is 42.2 Å². The Morgan fingerprint density at radius 2 is 1.31 bits per heavy atom. The summed E-state index contributed by atoms with van der Waals surface area (Å²) in [6, 6.07) is 16.8. The summed E-state index contributed by atoms with van der Waals surface area (Å²) in [4.78, 5) is 0. The van der Waals surface area contributed by atoms with Gasteiger partial charge in [0.15, 0.2) is 11.6 Å². The highest BCUT2D eigenvalue weighted by molar-refractivity contribution is 5.84. The molecule has 0 aromatic heterocycles. The Morgan fingerprint density at radius 3 is 2.03 bits per heavy atom. The fraction of sp³-hybridized carbons (Fsp3) is 0.133. The van der Waals surface area contributed by atoms with Crippen LogP contribution in [0.5, 0.6) is 0 Å². The molecule has 0 radical (unpaired) electrons. The monoisotopic (exact) mass is 472 g/mol. The number of aryl methyl sites for hydroxylation is 1. The van der Waals surface area contributed by atoms with Gasteiger partial charge in [-0.05, 0) is 66.3 Å². The van der Waals surface area contributed by atoms with Crippen LogP contribution in [-0.2, 0) is 11.2 Å². The number of fused-ring (bicyclic) bond motifs is 1. The van der Waals surface area contributed by atoms with Crippen molar-refractivity contribution in [1.82, 2.24) is 0 Å². The zero-order valence-corrected chi connectivity index (χ0v) is 18.9. The van der Waals surface area contributed by atoms with Gasteiger partial charge in [0.25, 0.3) is 0 Å². The van der Waals surface area contributed by atoms with Crippen LogP contribution in [0.3, 0.4) is 0 Å². The molecule has 4 aromatic carbocycles. The first kappa shape index (κ1) is 24.1. The third-order valence-corrected chi connectivity index (χ3v) is 5.40. The highest BCUT2D eigenvalue weighted by Gasteiger charge is 2.09. The van der Waals surface area contributed by atoms with Crippen LogP contribution >= 0.6 is 0 Å². The van der Waals surface area contributed by atoms with E-state index in [1.54, 1.807) is 7.11 Å². The lowest BCUT2D eigenvalue weighted by molar-refractivity contribution is 0.195. The molecule has 0 amide bonds. The van der Waals surface area contributed by atoms with Gasteiger partial charge >= 0.3 is 0 Å². The summed E-state index contributed by atoms with van der Waals surface area (Å²) in [7, 11) is 1.67. The maximum absolute atomic E-state index is 14.6. The van der Waals surface area contributed by atoms with E-state index >= 15 is 0 Å². The number of benzene rings is 4. The molecule has 1 nitrogen and oxygen atoms in total. The van der Waals surface area contributed by atoms with Crippen molar-refractivity contribution < 1.29 is 22.3 Å². The molecule has 35 heavy (non-hydrogen) atoms. The van der Waals surface area contributed by atoms with Gasteiger partial charge in [-0.2, -0.15) is 0 Å². The molecule has 0 unspecified atom stereocenters. The Labute approximate surface area is 201 Å². The lowest BCUT2D eigenvalue weighted by Crippen LogP contribution is -1.93. The van der Waals surface area contributed by atoms with Gasteiger partial charge in [0.1, 0.15) is 11.6 Å². The molecule has 0 bridgehead atoms. The lowest BCUT2D eigenvalue weighted by atomic mass is 10.1. The minimum Gasteiger partial charge on any atom is -0.385 e. The van der Waals surface area contributed by atoms with E-state index in [0.29, 0.717) is 17.6 Å². The number of rotatable bonds is 4. The van der Waals surface area contributed by atoms with Crippen LogP contribution in [0.25, 0.3) is 10.8 Å². The summed E-state index contributed by atoms with van der Waals surface area (Å²) in [5, 5.41) is 0.543. The zero-order valence-electron chi connectivity index (χ0n) is 18.9. The topological polar surface area (TPSA) is 9.23 Å². The van der Waals surface area contributed by atoms with Crippen LogP contribution in [0.4, 0.5) is 17.6 Å². The van der Waals surface area contributed by atoms with Gasteiger partial charge in [0.05, 0.1) is 5.56 Å². The molecule has 0 aliphatic carbocycles. The number of halogens is 4. The van der Waals surface area contributed by atoms with Crippen molar-refractivity contribution >= 4 is 10.8 Å². The summed E-state index contributed by atoms with van der Waals surface area (Å²) >= 11 is 0. The molecular formula is C30H20F4O. The summed E-state index contributed by atoms with van der Waals surface area (Å²) in [5.74, 6) is 7.31. The number of hydrogen-bond acceptors (Lipinski definition) is 1. The highest BCUT2D eigenvalue weighted by Crippen LogP contribution is 2.22. The van der Waals surface area contributed by atoms with Gasteiger partial charge in [0.2, 0.25) is 0 Å². The molecule has 0 aliphatic heterocycles. The normalized spacial score (nSPS) is 10.4. The third kappa shape index (κ3) is 5.90. The Hall–Kier alpha value is -4.06. The smallest absolute Gasteiger partial charge is 0.166 e. The number of hydrogen-bond donors (Lipinski definition) is 0. The Balaban J connectivity index is 1.52. The van der Waals surface area contributed by atoms with Gasteiger partial charge < -0.3 is 4.74 Å². The maximum atomic E-state index is 14.6. The summed E-state index contributed by atoms with van der Waals surface area (Å²) in [5.41, 5.74) is 2.12. The van der Waals surface area contributed by atoms with Gasteiger partial charge in [-0.1, -0.05) is 47.9 Å². The van der Waals surface area contributed by atoms with Crippen LogP contribution < -0.4 is 0 Å². The predicted molar refractivity (Wildman–Crippen MR) is 129 cm³/mol. The van der Waals surface area contributed by atoms with Crippen molar-refractivity contribution in [3.8, 4) is 23.7 Å². The first-order valence-electron chi connectivity index (χ1n) is 10.9. The Morgan fingerprint density at radius 1 is 0.657 bits per heavy atom. The SMILES string of the molecule is COCCCc1ccc(C#Cc2cc(F)c(C#Cc3ccc4c(F)c(F)ccc4c3)c(F)c2)cc1. The average Bonchev–Trinajstić information content (AvgIpc) is 2.85. The van der Waals surface area contributed by atoms with Crippen molar-refractivity contribution in [3.05, 3.63) is 118 Å². The molecule has 4 aromatic rings. The molecule has 4 rings (SSSR count). The Kier molecular flexibility index (Phi) is 7.51. The van der Waals surface area contributed by atoms with E-state index in [-0.39, 0.29) is 16.5 Å². The van der Waals surface area contributed by atoms with E-state index < -0.39 is 23.3 Å². The first-order valence-corrected chi connectivity index (χ1v) is 10.9. The van der Waals surface area contributed by atoms with E-state index in [1.807, 2.05) is 24.3 Å². The molecule has 0 N–H and O–H groups in total. The summed E-state index contributed by atoms with van der Waals surface area (Å²) in [6.07, 6.45) is 1.82. The Bertz CT molecular complexity index is 1480. The largest absolute Gasteiger partial charge is 0.385 e. The van der Waals surface area contributed by atoms with Crippen molar-refractivity contribution in [2.24, 2.45) is 0 Å². The van der Waals surface area contributed by atoms with Crippen molar-refractivity contribution in [1.29, 1.82) is 0 Å². The number of ether oxygens (including phenoxy) is 1. The van der Waals surface area contributed by atoms with Crippen LogP contribution in [0.2, 0.25) is 0 Å². The number of methoxy groups -OCH3 is 1. The molecule has 0 fully saturated rings. The van der Waals surface area contributed by atoms with E-state index in [2.05, 4.69) is 23.7 Å². The quantitative estimate of drug-likeness (QED) is 0.181. The van der Waals surface area contributed by atoms with Crippen LogP contribution in [-0.4, -0.2) is 13.7 Å². The molecule has 0 aliphatic rings. The van der Waals surface area contributed by atoms with Crippen molar-refractivity contribution in [2.75, 3.05) is 13.7 Å². The molecule has 0 saturated heterocycles. The first-order chi connectivity index (χ1) is 16.9. The third-order valence-electron chi connectivity index (χ3n) is 5.40. The lowest BCUT2D eigenvalue weighted by Gasteiger charge is -2.02. The highest BCUT2D eigenvalue weighted by atomic mass is 19.2. The molecule has 0 spiro atoms. The predicted octanol–water partition coefficient (Wildman–Crippen LogP) is 6.77. The van der Waals surface area contributed by atoms with Crippen molar-refractivity contribution in [3.63, 3.8) is 0 Å².